The van der Waals surface area contributed by atoms with Gasteiger partial charge in [0, 0.05) is 30.2 Å². The zero-order valence-corrected chi connectivity index (χ0v) is 14.7. The largest absolute Gasteiger partial charge is 0.497 e. The van der Waals surface area contributed by atoms with E-state index in [0.717, 1.165) is 36.3 Å². The molecule has 0 bridgehead atoms. The number of nitro benzene ring substituents is 1. The molecule has 0 radical (unpaired) electrons. The lowest BCUT2D eigenvalue weighted by molar-refractivity contribution is -0.384. The van der Waals surface area contributed by atoms with E-state index in [1.165, 1.54) is 12.1 Å². The minimum Gasteiger partial charge on any atom is -0.497 e. The van der Waals surface area contributed by atoms with E-state index in [4.69, 9.17) is 4.74 Å². The lowest BCUT2D eigenvalue weighted by Gasteiger charge is -2.31. The average Bonchev–Trinajstić information content (AvgIpc) is 2.67. The minimum absolute atomic E-state index is 0.0481. The Kier molecular flexibility index (Phi) is 5.51. The van der Waals surface area contributed by atoms with Crippen molar-refractivity contribution in [2.75, 3.05) is 12.4 Å². The van der Waals surface area contributed by atoms with Crippen LogP contribution >= 0.6 is 0 Å². The van der Waals surface area contributed by atoms with E-state index in [-0.39, 0.29) is 23.4 Å². The fourth-order valence-electron chi connectivity index (χ4n) is 3.45. The number of anilines is 1. The van der Waals surface area contributed by atoms with Gasteiger partial charge in [0.05, 0.1) is 18.1 Å². The van der Waals surface area contributed by atoms with E-state index >= 15 is 0 Å². The van der Waals surface area contributed by atoms with Crippen molar-refractivity contribution in [3.8, 4) is 5.75 Å². The van der Waals surface area contributed by atoms with Gasteiger partial charge in [-0.1, -0.05) is 18.6 Å². The Hall–Kier alpha value is -2.89. The molecule has 1 N–H and O–H groups in total. The first kappa shape index (κ1) is 17.9. The van der Waals surface area contributed by atoms with Crippen molar-refractivity contribution >= 4 is 17.2 Å². The summed E-state index contributed by atoms with van der Waals surface area (Å²) in [5.41, 5.74) is 1.81. The number of non-ortho nitro benzene ring substituents is 1. The number of nitrogens with zero attached hydrogens (tertiary/aromatic N) is 1. The number of hydrogen-bond acceptors (Lipinski definition) is 5. The highest BCUT2D eigenvalue weighted by Crippen LogP contribution is 2.35. The fraction of sp³-hybridized carbons (Fsp3) is 0.350. The molecule has 0 aromatic heterocycles. The van der Waals surface area contributed by atoms with E-state index in [2.05, 4.69) is 5.32 Å². The smallest absolute Gasteiger partial charge is 0.269 e. The molecular formula is C20H22N2O4. The summed E-state index contributed by atoms with van der Waals surface area (Å²) in [5, 5.41) is 14.4. The number of nitrogens with one attached hydrogen (secondary N) is 1. The van der Waals surface area contributed by atoms with Gasteiger partial charge in [-0.3, -0.25) is 14.9 Å². The summed E-state index contributed by atoms with van der Waals surface area (Å²) in [4.78, 5) is 23.0. The molecule has 0 spiro atoms. The molecule has 0 unspecified atom stereocenters. The molecule has 6 heteroatoms. The molecule has 1 saturated carbocycles. The van der Waals surface area contributed by atoms with E-state index in [0.29, 0.717) is 6.42 Å². The summed E-state index contributed by atoms with van der Waals surface area (Å²) < 4.78 is 5.18. The number of ether oxygens (including phenoxy) is 1. The third kappa shape index (κ3) is 4.02. The van der Waals surface area contributed by atoms with Gasteiger partial charge in [0.25, 0.3) is 5.69 Å². The topological polar surface area (TPSA) is 81.5 Å². The predicted octanol–water partition coefficient (Wildman–Crippen LogP) is 4.52. The second-order valence-electron chi connectivity index (χ2n) is 6.52. The third-order valence-corrected chi connectivity index (χ3v) is 4.88. The molecule has 6 nitrogen and oxygen atoms in total. The Labute approximate surface area is 152 Å². The van der Waals surface area contributed by atoms with Crippen LogP contribution in [0.25, 0.3) is 0 Å². The predicted molar refractivity (Wildman–Crippen MR) is 99.4 cm³/mol. The summed E-state index contributed by atoms with van der Waals surface area (Å²) in [6, 6.07) is 13.8. The van der Waals surface area contributed by atoms with Crippen molar-refractivity contribution in [2.24, 2.45) is 5.92 Å². The van der Waals surface area contributed by atoms with Crippen LogP contribution in [0.15, 0.2) is 48.5 Å². The van der Waals surface area contributed by atoms with Gasteiger partial charge >= 0.3 is 0 Å². The van der Waals surface area contributed by atoms with Crippen LogP contribution in [0.1, 0.15) is 37.3 Å². The first-order chi connectivity index (χ1) is 12.6. The van der Waals surface area contributed by atoms with E-state index in [9.17, 15) is 14.9 Å². The van der Waals surface area contributed by atoms with Crippen molar-refractivity contribution < 1.29 is 14.5 Å². The van der Waals surface area contributed by atoms with Gasteiger partial charge in [-0.25, -0.2) is 0 Å². The van der Waals surface area contributed by atoms with Gasteiger partial charge in [0.2, 0.25) is 0 Å². The van der Waals surface area contributed by atoms with Crippen LogP contribution in [0.5, 0.6) is 5.75 Å². The third-order valence-electron chi connectivity index (χ3n) is 4.88. The number of ketones is 1. The molecule has 1 aliphatic rings. The Bertz CT molecular complexity index is 771. The second kappa shape index (κ2) is 7.99. The number of hydrogen-bond donors (Lipinski definition) is 1. The van der Waals surface area contributed by atoms with Crippen molar-refractivity contribution in [1.29, 1.82) is 0 Å². The quantitative estimate of drug-likeness (QED) is 0.609. The second-order valence-corrected chi connectivity index (χ2v) is 6.52. The molecule has 26 heavy (non-hydrogen) atoms. The molecule has 1 aliphatic carbocycles. The number of benzene rings is 2. The zero-order chi connectivity index (χ0) is 18.5. The molecule has 2 aromatic rings. The lowest BCUT2D eigenvalue weighted by atomic mass is 9.80. The lowest BCUT2D eigenvalue weighted by Crippen LogP contribution is -2.30. The summed E-state index contributed by atoms with van der Waals surface area (Å²) in [7, 11) is 1.61. The maximum absolute atomic E-state index is 12.5. The van der Waals surface area contributed by atoms with Gasteiger partial charge in [0.15, 0.2) is 0 Å². The molecule has 0 heterocycles. The van der Waals surface area contributed by atoms with E-state index < -0.39 is 4.92 Å². The number of carbonyl (C=O) groups excluding carboxylic acids is 1. The molecule has 136 valence electrons. The van der Waals surface area contributed by atoms with Gasteiger partial charge in [-0.05, 0) is 42.7 Å². The van der Waals surface area contributed by atoms with Gasteiger partial charge in [-0.15, -0.1) is 0 Å². The van der Waals surface area contributed by atoms with Crippen LogP contribution in [-0.4, -0.2) is 17.8 Å². The normalized spacial score (nSPS) is 18.2. The Balaban J connectivity index is 1.89. The first-order valence-corrected chi connectivity index (χ1v) is 8.76. The number of nitro groups is 1. The molecule has 0 amide bonds. The molecule has 1 fully saturated rings. The number of rotatable bonds is 6. The van der Waals surface area contributed by atoms with E-state index in [1.807, 2.05) is 24.3 Å². The zero-order valence-electron chi connectivity index (χ0n) is 14.7. The van der Waals surface area contributed by atoms with Crippen LogP contribution in [-0.2, 0) is 4.79 Å². The molecule has 3 rings (SSSR count). The molecule has 2 atom stereocenters. The van der Waals surface area contributed by atoms with Crippen molar-refractivity contribution in [3.63, 3.8) is 0 Å². The molecule has 0 saturated heterocycles. The van der Waals surface area contributed by atoms with Crippen molar-refractivity contribution in [2.45, 2.75) is 31.7 Å². The Morgan fingerprint density at radius 1 is 1.12 bits per heavy atom. The van der Waals surface area contributed by atoms with Crippen molar-refractivity contribution in [1.82, 2.24) is 0 Å². The number of Topliss-reactive ketones (excluding diaryl/α,β-unsaturated/α-hetero) is 1. The van der Waals surface area contributed by atoms with Gasteiger partial charge in [0.1, 0.15) is 11.5 Å². The summed E-state index contributed by atoms with van der Waals surface area (Å²) >= 11 is 0. The van der Waals surface area contributed by atoms with Crippen molar-refractivity contribution in [3.05, 3.63) is 64.2 Å². The minimum atomic E-state index is -0.415. The highest BCUT2D eigenvalue weighted by Gasteiger charge is 2.31. The summed E-state index contributed by atoms with van der Waals surface area (Å²) in [6.45, 7) is 0. The highest BCUT2D eigenvalue weighted by atomic mass is 16.6. The Morgan fingerprint density at radius 2 is 1.81 bits per heavy atom. The van der Waals surface area contributed by atoms with Crippen LogP contribution in [0, 0.1) is 16.0 Å². The van der Waals surface area contributed by atoms with E-state index in [1.54, 1.807) is 19.2 Å². The van der Waals surface area contributed by atoms with Crippen LogP contribution in [0.4, 0.5) is 11.4 Å². The average molecular weight is 354 g/mol. The van der Waals surface area contributed by atoms with Gasteiger partial charge < -0.3 is 10.1 Å². The first-order valence-electron chi connectivity index (χ1n) is 8.76. The number of carbonyl (C=O) groups is 1. The summed E-state index contributed by atoms with van der Waals surface area (Å²) in [6.07, 6.45) is 3.37. The standard InChI is InChI=1S/C20H22N2O4/c1-26-17-12-8-15(9-13-17)21-20(18-4-2-3-5-19(18)23)14-6-10-16(11-7-14)22(24)25/h6-13,18,20-21H,2-5H2,1H3/t18-,20-/m1/s1. The molecule has 2 aromatic carbocycles. The summed E-state index contributed by atoms with van der Waals surface area (Å²) in [5.74, 6) is 0.879. The van der Waals surface area contributed by atoms with Crippen LogP contribution in [0.3, 0.4) is 0 Å². The SMILES string of the molecule is COc1ccc(N[C@H](c2ccc([N+](=O)[O-])cc2)[C@@H]2CCCCC2=O)cc1. The fourth-order valence-corrected chi connectivity index (χ4v) is 3.45. The number of methoxy groups -OCH3 is 1. The maximum atomic E-state index is 12.5. The van der Waals surface area contributed by atoms with Crippen LogP contribution < -0.4 is 10.1 Å². The molecule has 0 aliphatic heterocycles. The monoisotopic (exact) mass is 354 g/mol. The van der Waals surface area contributed by atoms with Gasteiger partial charge in [-0.2, -0.15) is 0 Å². The Morgan fingerprint density at radius 3 is 2.38 bits per heavy atom. The highest BCUT2D eigenvalue weighted by molar-refractivity contribution is 5.83. The maximum Gasteiger partial charge on any atom is 0.269 e. The van der Waals surface area contributed by atoms with Crippen LogP contribution in [0.2, 0.25) is 0 Å². The molecular weight excluding hydrogens is 332 g/mol.